The van der Waals surface area contributed by atoms with Gasteiger partial charge in [-0.3, -0.25) is 4.90 Å². The molecule has 2 saturated heterocycles. The second kappa shape index (κ2) is 7.55. The normalized spacial score (nSPS) is 21.5. The summed E-state index contributed by atoms with van der Waals surface area (Å²) in [6.07, 6.45) is 2.79. The van der Waals surface area contributed by atoms with Crippen LogP contribution in [0.2, 0.25) is 0 Å². The van der Waals surface area contributed by atoms with E-state index in [1.54, 1.807) is 0 Å². The minimum atomic E-state index is -3.69. The number of piperidine rings is 1. The number of hydrogen-bond acceptors (Lipinski definition) is 7. The van der Waals surface area contributed by atoms with Crippen molar-refractivity contribution in [3.05, 3.63) is 36.2 Å². The number of likely N-dealkylation sites (N-methyl/N-ethyl adjacent to an activating group) is 1. The van der Waals surface area contributed by atoms with Crippen molar-refractivity contribution in [3.63, 3.8) is 0 Å². The minimum absolute atomic E-state index is 0.396. The summed E-state index contributed by atoms with van der Waals surface area (Å²) >= 11 is 0. The molecule has 2 N–H and O–H groups in total. The SMILES string of the molecule is CCN1CC(N2CCC(Cc3cccc(-c4nnco4)c3)(S(N)(=O)=O)CC2)C1. The van der Waals surface area contributed by atoms with E-state index in [0.717, 1.165) is 43.9 Å². The summed E-state index contributed by atoms with van der Waals surface area (Å²) < 4.78 is 29.5. The number of rotatable bonds is 6. The van der Waals surface area contributed by atoms with Crippen LogP contribution in [0.3, 0.4) is 0 Å². The lowest BCUT2D eigenvalue weighted by atomic mass is 9.87. The van der Waals surface area contributed by atoms with Crippen LogP contribution in [0.25, 0.3) is 11.5 Å². The lowest BCUT2D eigenvalue weighted by Gasteiger charge is -2.49. The Balaban J connectivity index is 1.50. The third-order valence-electron chi connectivity index (χ3n) is 6.27. The Labute approximate surface area is 165 Å². The van der Waals surface area contributed by atoms with E-state index in [1.807, 2.05) is 24.3 Å². The molecule has 152 valence electrons. The molecule has 2 aliphatic heterocycles. The van der Waals surface area contributed by atoms with E-state index in [2.05, 4.69) is 26.9 Å². The van der Waals surface area contributed by atoms with Gasteiger partial charge in [-0.05, 0) is 43.5 Å². The van der Waals surface area contributed by atoms with Crippen molar-refractivity contribution < 1.29 is 12.8 Å². The van der Waals surface area contributed by atoms with E-state index in [-0.39, 0.29) is 0 Å². The van der Waals surface area contributed by atoms with E-state index in [4.69, 9.17) is 9.56 Å². The largest absolute Gasteiger partial charge is 0.423 e. The first kappa shape index (κ1) is 19.5. The molecule has 0 aliphatic carbocycles. The van der Waals surface area contributed by atoms with Gasteiger partial charge in [0.1, 0.15) is 0 Å². The van der Waals surface area contributed by atoms with Crippen molar-refractivity contribution >= 4 is 10.0 Å². The quantitative estimate of drug-likeness (QED) is 0.767. The fourth-order valence-electron chi connectivity index (χ4n) is 4.38. The minimum Gasteiger partial charge on any atom is -0.423 e. The van der Waals surface area contributed by atoms with Gasteiger partial charge in [0, 0.05) is 37.8 Å². The van der Waals surface area contributed by atoms with Crippen LogP contribution < -0.4 is 5.14 Å². The number of hydrogen-bond donors (Lipinski definition) is 1. The molecule has 0 spiro atoms. The first-order valence-corrected chi connectivity index (χ1v) is 11.3. The fourth-order valence-corrected chi connectivity index (χ4v) is 5.49. The number of likely N-dealkylation sites (tertiary alicyclic amines) is 2. The number of nitrogens with zero attached hydrogens (tertiary/aromatic N) is 4. The first-order valence-electron chi connectivity index (χ1n) is 9.74. The summed E-state index contributed by atoms with van der Waals surface area (Å²) in [5.41, 5.74) is 1.70. The van der Waals surface area contributed by atoms with E-state index in [0.29, 0.717) is 31.2 Å². The third kappa shape index (κ3) is 3.71. The zero-order valence-electron chi connectivity index (χ0n) is 16.1. The Hall–Kier alpha value is -1.81. The summed E-state index contributed by atoms with van der Waals surface area (Å²) in [6.45, 7) is 6.92. The second-order valence-electron chi connectivity index (χ2n) is 7.89. The Bertz CT molecular complexity index is 901. The Morgan fingerprint density at radius 3 is 2.64 bits per heavy atom. The molecule has 0 bridgehead atoms. The van der Waals surface area contributed by atoms with Gasteiger partial charge in [0.15, 0.2) is 0 Å². The fraction of sp³-hybridized carbons (Fsp3) is 0.579. The highest BCUT2D eigenvalue weighted by atomic mass is 32.2. The van der Waals surface area contributed by atoms with E-state index in [9.17, 15) is 8.42 Å². The summed E-state index contributed by atoms with van der Waals surface area (Å²) in [5.74, 6) is 0.423. The van der Waals surface area contributed by atoms with E-state index >= 15 is 0 Å². The number of primary sulfonamides is 1. The van der Waals surface area contributed by atoms with Crippen LogP contribution in [0, 0.1) is 0 Å². The highest BCUT2D eigenvalue weighted by Gasteiger charge is 2.46. The topological polar surface area (TPSA) is 106 Å². The Morgan fingerprint density at radius 1 is 1.29 bits per heavy atom. The summed E-state index contributed by atoms with van der Waals surface area (Å²) in [7, 11) is -3.69. The van der Waals surface area contributed by atoms with E-state index < -0.39 is 14.8 Å². The molecular formula is C19H27N5O3S. The molecule has 0 unspecified atom stereocenters. The highest BCUT2D eigenvalue weighted by molar-refractivity contribution is 7.90. The smallest absolute Gasteiger partial charge is 0.247 e. The molecule has 4 rings (SSSR count). The van der Waals surface area contributed by atoms with E-state index in [1.165, 1.54) is 6.39 Å². The molecule has 1 aromatic carbocycles. The van der Waals surface area contributed by atoms with Gasteiger partial charge in [0.2, 0.25) is 22.3 Å². The van der Waals surface area contributed by atoms with Crippen LogP contribution in [0.1, 0.15) is 25.3 Å². The first-order chi connectivity index (χ1) is 13.4. The lowest BCUT2D eigenvalue weighted by Crippen LogP contribution is -2.63. The second-order valence-corrected chi connectivity index (χ2v) is 9.85. The van der Waals surface area contributed by atoms with Gasteiger partial charge in [-0.15, -0.1) is 10.2 Å². The molecule has 2 aromatic rings. The zero-order valence-corrected chi connectivity index (χ0v) is 16.9. The molecule has 0 radical (unpaired) electrons. The molecule has 1 aromatic heterocycles. The maximum atomic E-state index is 12.6. The van der Waals surface area contributed by atoms with Crippen molar-refractivity contribution in [3.8, 4) is 11.5 Å². The van der Waals surface area contributed by atoms with Crippen molar-refractivity contribution in [2.24, 2.45) is 5.14 Å². The predicted molar refractivity (Wildman–Crippen MR) is 106 cm³/mol. The summed E-state index contributed by atoms with van der Waals surface area (Å²) in [5, 5.41) is 13.4. The van der Waals surface area contributed by atoms with Crippen LogP contribution >= 0.6 is 0 Å². The van der Waals surface area contributed by atoms with Crippen LogP contribution in [-0.4, -0.2) is 71.9 Å². The predicted octanol–water partition coefficient (Wildman–Crippen LogP) is 1.11. The monoisotopic (exact) mass is 405 g/mol. The maximum absolute atomic E-state index is 12.6. The molecule has 0 atom stereocenters. The number of aromatic nitrogens is 2. The van der Waals surface area contributed by atoms with Gasteiger partial charge in [-0.25, -0.2) is 13.6 Å². The molecule has 8 nitrogen and oxygen atoms in total. The maximum Gasteiger partial charge on any atom is 0.247 e. The van der Waals surface area contributed by atoms with Crippen LogP contribution in [0.4, 0.5) is 0 Å². The standard InChI is InChI=1S/C19H27N5O3S/c1-2-23-12-17(13-23)24-8-6-19(7-9-24,28(20,25)26)11-15-4-3-5-16(10-15)18-22-21-14-27-18/h3-5,10,14,17H,2,6-9,11-13H2,1H3,(H2,20,25,26). The van der Waals surface area contributed by atoms with Crippen molar-refractivity contribution in [1.29, 1.82) is 0 Å². The van der Waals surface area contributed by atoms with Crippen LogP contribution in [0.5, 0.6) is 0 Å². The van der Waals surface area contributed by atoms with Crippen molar-refractivity contribution in [1.82, 2.24) is 20.0 Å². The lowest BCUT2D eigenvalue weighted by molar-refractivity contribution is 0.0204. The third-order valence-corrected chi connectivity index (χ3v) is 8.03. The molecule has 2 aliphatic rings. The number of benzene rings is 1. The number of sulfonamides is 1. The van der Waals surface area contributed by atoms with Gasteiger partial charge in [-0.1, -0.05) is 19.1 Å². The van der Waals surface area contributed by atoms with Crippen LogP contribution in [-0.2, 0) is 16.4 Å². The highest BCUT2D eigenvalue weighted by Crippen LogP contribution is 2.35. The van der Waals surface area contributed by atoms with Gasteiger partial charge in [-0.2, -0.15) is 0 Å². The molecule has 0 amide bonds. The van der Waals surface area contributed by atoms with Gasteiger partial charge >= 0.3 is 0 Å². The molecule has 28 heavy (non-hydrogen) atoms. The Kier molecular flexibility index (Phi) is 5.26. The summed E-state index contributed by atoms with van der Waals surface area (Å²) in [6, 6.07) is 8.15. The average molecular weight is 406 g/mol. The number of nitrogens with two attached hydrogens (primary N) is 1. The van der Waals surface area contributed by atoms with Gasteiger partial charge in [0.05, 0.1) is 4.75 Å². The molecule has 2 fully saturated rings. The molecule has 3 heterocycles. The van der Waals surface area contributed by atoms with Crippen molar-refractivity contribution in [2.75, 3.05) is 32.7 Å². The average Bonchev–Trinajstić information content (AvgIpc) is 3.16. The molecule has 9 heteroatoms. The zero-order chi connectivity index (χ0) is 19.8. The van der Waals surface area contributed by atoms with Gasteiger partial charge < -0.3 is 9.32 Å². The van der Waals surface area contributed by atoms with Gasteiger partial charge in [0.25, 0.3) is 0 Å². The van der Waals surface area contributed by atoms with Crippen molar-refractivity contribution in [2.45, 2.75) is 37.0 Å². The molecular weight excluding hydrogens is 378 g/mol. The molecule has 0 saturated carbocycles. The van der Waals surface area contributed by atoms with Crippen LogP contribution in [0.15, 0.2) is 35.1 Å². The summed E-state index contributed by atoms with van der Waals surface area (Å²) in [4.78, 5) is 4.82. The Morgan fingerprint density at radius 2 is 2.04 bits per heavy atom.